The summed E-state index contributed by atoms with van der Waals surface area (Å²) in [6.45, 7) is 2.18. The van der Waals surface area contributed by atoms with Gasteiger partial charge in [0.1, 0.15) is 5.82 Å². The van der Waals surface area contributed by atoms with Gasteiger partial charge in [0.05, 0.1) is 5.02 Å². The first-order valence-corrected chi connectivity index (χ1v) is 7.15. The topological polar surface area (TPSA) is 12.0 Å². The van der Waals surface area contributed by atoms with Crippen molar-refractivity contribution >= 4 is 11.6 Å². The Hall–Kier alpha value is -1.38. The summed E-state index contributed by atoms with van der Waals surface area (Å²) >= 11 is 5.72. The average Bonchev–Trinajstić information content (AvgIpc) is 2.48. The van der Waals surface area contributed by atoms with Crippen LogP contribution in [0.5, 0.6) is 0 Å². The number of hydrogen-bond acceptors (Lipinski definition) is 1. The Labute approximate surface area is 124 Å². The SMILES string of the molecule is CNC(Cc1ccc(Cl)c(F)c1)C(C)c1ccccc1. The first kappa shape index (κ1) is 15.0. The van der Waals surface area contributed by atoms with E-state index in [0.29, 0.717) is 5.92 Å². The highest BCUT2D eigenvalue weighted by Gasteiger charge is 2.18. The highest BCUT2D eigenvalue weighted by Crippen LogP contribution is 2.23. The second-order valence-electron chi connectivity index (χ2n) is 5.05. The molecule has 0 radical (unpaired) electrons. The van der Waals surface area contributed by atoms with Gasteiger partial charge in [-0.2, -0.15) is 0 Å². The molecule has 0 aliphatic heterocycles. The van der Waals surface area contributed by atoms with Gasteiger partial charge < -0.3 is 5.32 Å². The second-order valence-corrected chi connectivity index (χ2v) is 5.45. The predicted molar refractivity (Wildman–Crippen MR) is 82.8 cm³/mol. The van der Waals surface area contributed by atoms with Crippen molar-refractivity contribution in [3.8, 4) is 0 Å². The molecule has 2 aromatic rings. The van der Waals surface area contributed by atoms with Gasteiger partial charge in [-0.05, 0) is 42.6 Å². The smallest absolute Gasteiger partial charge is 0.142 e. The lowest BCUT2D eigenvalue weighted by Gasteiger charge is -2.24. The normalized spacial score (nSPS) is 14.0. The van der Waals surface area contributed by atoms with Crippen LogP contribution in [0.15, 0.2) is 48.5 Å². The first-order chi connectivity index (χ1) is 9.61. The van der Waals surface area contributed by atoms with Gasteiger partial charge in [-0.25, -0.2) is 4.39 Å². The van der Waals surface area contributed by atoms with Crippen LogP contribution >= 0.6 is 11.6 Å². The molecule has 0 bridgehead atoms. The van der Waals surface area contributed by atoms with Gasteiger partial charge in [0.25, 0.3) is 0 Å². The molecule has 0 aliphatic carbocycles. The molecule has 1 N–H and O–H groups in total. The summed E-state index contributed by atoms with van der Waals surface area (Å²) in [4.78, 5) is 0. The van der Waals surface area contributed by atoms with Gasteiger partial charge in [-0.15, -0.1) is 0 Å². The summed E-state index contributed by atoms with van der Waals surface area (Å²) in [5.74, 6) is -0.00803. The predicted octanol–water partition coefficient (Wildman–Crippen LogP) is 4.41. The minimum absolute atomic E-state index is 0.172. The summed E-state index contributed by atoms with van der Waals surface area (Å²) in [5, 5.41) is 3.50. The van der Waals surface area contributed by atoms with Crippen LogP contribution in [0.4, 0.5) is 4.39 Å². The molecule has 20 heavy (non-hydrogen) atoms. The Morgan fingerprint density at radius 2 is 1.85 bits per heavy atom. The molecular weight excluding hydrogens is 273 g/mol. The summed E-state index contributed by atoms with van der Waals surface area (Å²) in [6, 6.07) is 15.6. The fourth-order valence-electron chi connectivity index (χ4n) is 2.44. The van der Waals surface area contributed by atoms with E-state index in [9.17, 15) is 4.39 Å². The molecule has 3 heteroatoms. The fraction of sp³-hybridized carbons (Fsp3) is 0.294. The van der Waals surface area contributed by atoms with Crippen molar-refractivity contribution in [1.29, 1.82) is 0 Å². The summed E-state index contributed by atoms with van der Waals surface area (Å²) in [5.41, 5.74) is 2.23. The van der Waals surface area contributed by atoms with E-state index >= 15 is 0 Å². The largest absolute Gasteiger partial charge is 0.316 e. The molecule has 0 aliphatic rings. The maximum Gasteiger partial charge on any atom is 0.142 e. The first-order valence-electron chi connectivity index (χ1n) is 6.78. The molecule has 2 atom stereocenters. The summed E-state index contributed by atoms with van der Waals surface area (Å²) in [7, 11) is 1.94. The zero-order chi connectivity index (χ0) is 14.5. The Balaban J connectivity index is 2.14. The van der Waals surface area contributed by atoms with Crippen LogP contribution < -0.4 is 5.32 Å². The number of hydrogen-bond donors (Lipinski definition) is 1. The molecule has 0 heterocycles. The van der Waals surface area contributed by atoms with E-state index in [1.54, 1.807) is 6.07 Å². The number of nitrogens with one attached hydrogen (secondary N) is 1. The third-order valence-corrected chi connectivity index (χ3v) is 4.05. The molecular formula is C17H19ClFN. The molecule has 0 saturated heterocycles. The van der Waals surface area contributed by atoms with Gasteiger partial charge in [-0.3, -0.25) is 0 Å². The van der Waals surface area contributed by atoms with Gasteiger partial charge in [0.15, 0.2) is 0 Å². The number of benzene rings is 2. The van der Waals surface area contributed by atoms with E-state index < -0.39 is 0 Å². The van der Waals surface area contributed by atoms with E-state index in [-0.39, 0.29) is 16.9 Å². The molecule has 0 fully saturated rings. The Morgan fingerprint density at radius 1 is 1.15 bits per heavy atom. The average molecular weight is 292 g/mol. The van der Waals surface area contributed by atoms with Crippen LogP contribution in [-0.2, 0) is 6.42 Å². The van der Waals surface area contributed by atoms with Crippen molar-refractivity contribution in [3.05, 3.63) is 70.5 Å². The molecule has 106 valence electrons. The Morgan fingerprint density at radius 3 is 2.45 bits per heavy atom. The lowest BCUT2D eigenvalue weighted by Crippen LogP contribution is -2.33. The summed E-state index contributed by atoms with van der Waals surface area (Å²) in [6.07, 6.45) is 0.765. The minimum Gasteiger partial charge on any atom is -0.316 e. The van der Waals surface area contributed by atoms with Crippen LogP contribution in [0.1, 0.15) is 24.0 Å². The lowest BCUT2D eigenvalue weighted by molar-refractivity contribution is 0.482. The molecule has 1 nitrogen and oxygen atoms in total. The molecule has 0 aromatic heterocycles. The van der Waals surface area contributed by atoms with E-state index in [1.807, 2.05) is 31.3 Å². The summed E-state index contributed by atoms with van der Waals surface area (Å²) < 4.78 is 13.5. The van der Waals surface area contributed by atoms with E-state index in [1.165, 1.54) is 11.6 Å². The van der Waals surface area contributed by atoms with Crippen LogP contribution in [0, 0.1) is 5.82 Å². The lowest BCUT2D eigenvalue weighted by atomic mass is 9.89. The van der Waals surface area contributed by atoms with Crippen molar-refractivity contribution in [1.82, 2.24) is 5.32 Å². The monoisotopic (exact) mass is 291 g/mol. The number of halogens is 2. The second kappa shape index (κ2) is 6.87. The van der Waals surface area contributed by atoms with Crippen molar-refractivity contribution in [2.24, 2.45) is 0 Å². The van der Waals surface area contributed by atoms with Crippen molar-refractivity contribution in [3.63, 3.8) is 0 Å². The highest BCUT2D eigenvalue weighted by atomic mass is 35.5. The third kappa shape index (κ3) is 3.59. The van der Waals surface area contributed by atoms with Gasteiger partial charge >= 0.3 is 0 Å². The molecule has 0 spiro atoms. The molecule has 0 saturated carbocycles. The van der Waals surface area contributed by atoms with Crippen molar-refractivity contribution < 1.29 is 4.39 Å². The number of likely N-dealkylation sites (N-methyl/N-ethyl adjacent to an activating group) is 1. The van der Waals surface area contributed by atoms with Crippen molar-refractivity contribution in [2.45, 2.75) is 25.3 Å². The van der Waals surface area contributed by atoms with Crippen LogP contribution in [0.25, 0.3) is 0 Å². The number of rotatable bonds is 5. The quantitative estimate of drug-likeness (QED) is 0.860. The van der Waals surface area contributed by atoms with Crippen LogP contribution in [-0.4, -0.2) is 13.1 Å². The van der Waals surface area contributed by atoms with Crippen LogP contribution in [0.2, 0.25) is 5.02 Å². The molecule has 2 unspecified atom stereocenters. The third-order valence-electron chi connectivity index (χ3n) is 3.74. The zero-order valence-corrected chi connectivity index (χ0v) is 12.5. The molecule has 0 amide bonds. The maximum atomic E-state index is 13.5. The maximum absolute atomic E-state index is 13.5. The van der Waals surface area contributed by atoms with Gasteiger partial charge in [0, 0.05) is 6.04 Å². The zero-order valence-electron chi connectivity index (χ0n) is 11.7. The fourth-order valence-corrected chi connectivity index (χ4v) is 2.56. The van der Waals surface area contributed by atoms with Crippen LogP contribution in [0.3, 0.4) is 0 Å². The minimum atomic E-state index is -0.355. The Kier molecular flexibility index (Phi) is 5.16. The van der Waals surface area contributed by atoms with Gasteiger partial charge in [0.2, 0.25) is 0 Å². The van der Waals surface area contributed by atoms with E-state index in [4.69, 9.17) is 11.6 Å². The van der Waals surface area contributed by atoms with E-state index in [2.05, 4.69) is 24.4 Å². The standard InChI is InChI=1S/C17H19ClFN/c1-12(14-6-4-3-5-7-14)17(20-2)11-13-8-9-15(18)16(19)10-13/h3-10,12,17,20H,11H2,1-2H3. The molecule has 2 rings (SSSR count). The van der Waals surface area contributed by atoms with E-state index in [0.717, 1.165) is 12.0 Å². The van der Waals surface area contributed by atoms with Gasteiger partial charge in [-0.1, -0.05) is 54.9 Å². The Bertz CT molecular complexity index is 556. The van der Waals surface area contributed by atoms with Crippen molar-refractivity contribution in [2.75, 3.05) is 7.05 Å². The highest BCUT2D eigenvalue weighted by molar-refractivity contribution is 6.30. The molecule has 2 aromatic carbocycles.